The molecule has 0 N–H and O–H groups in total. The average Bonchev–Trinajstić information content (AvgIpc) is 3.53. The molecule has 7 rings (SSSR count). The van der Waals surface area contributed by atoms with Gasteiger partial charge in [-0.25, -0.2) is 8.78 Å². The molecule has 6 heteroatoms. The Labute approximate surface area is 251 Å². The van der Waals surface area contributed by atoms with Crippen LogP contribution in [0.4, 0.5) is 8.78 Å². The molecule has 44 heavy (non-hydrogen) atoms. The Balaban J connectivity index is 1.49. The topological polar surface area (TPSA) is 95.2 Å². The molecule has 0 spiro atoms. The molecule has 5 aromatic rings. The third-order valence-corrected chi connectivity index (χ3v) is 8.16. The normalized spacial score (nSPS) is 11.7. The minimum absolute atomic E-state index is 0.0679. The van der Waals surface area contributed by atoms with E-state index >= 15 is 0 Å². The molecule has 2 aliphatic rings. The van der Waals surface area contributed by atoms with Gasteiger partial charge in [0.05, 0.1) is 0 Å². The molecule has 0 saturated heterocycles. The van der Waals surface area contributed by atoms with Crippen LogP contribution in [0.5, 0.6) is 0 Å². The van der Waals surface area contributed by atoms with Crippen molar-refractivity contribution in [3.8, 4) is 68.8 Å². The second-order valence-electron chi connectivity index (χ2n) is 10.4. The Morgan fingerprint density at radius 2 is 0.682 bits per heavy atom. The number of benzene rings is 5. The lowest BCUT2D eigenvalue weighted by Crippen LogP contribution is -1.92. The van der Waals surface area contributed by atoms with Crippen LogP contribution in [0.15, 0.2) is 108 Å². The zero-order valence-corrected chi connectivity index (χ0v) is 22.8. The molecule has 0 heterocycles. The van der Waals surface area contributed by atoms with E-state index in [-0.39, 0.29) is 22.8 Å². The van der Waals surface area contributed by atoms with Crippen LogP contribution in [0.2, 0.25) is 0 Å². The predicted molar refractivity (Wildman–Crippen MR) is 163 cm³/mol. The van der Waals surface area contributed by atoms with Gasteiger partial charge in [-0.1, -0.05) is 48.5 Å². The maximum absolute atomic E-state index is 13.6. The number of halogens is 2. The van der Waals surface area contributed by atoms with Crippen molar-refractivity contribution < 1.29 is 8.78 Å². The highest BCUT2D eigenvalue weighted by Crippen LogP contribution is 2.54. The first kappa shape index (κ1) is 26.3. The van der Waals surface area contributed by atoms with Gasteiger partial charge in [0, 0.05) is 11.1 Å². The maximum Gasteiger partial charge on any atom is 0.138 e. The molecule has 0 aromatic heterocycles. The summed E-state index contributed by atoms with van der Waals surface area (Å²) >= 11 is 0. The van der Waals surface area contributed by atoms with E-state index < -0.39 is 0 Å². The fourth-order valence-corrected chi connectivity index (χ4v) is 6.18. The highest BCUT2D eigenvalue weighted by molar-refractivity contribution is 6.11. The van der Waals surface area contributed by atoms with Gasteiger partial charge >= 0.3 is 0 Å². The zero-order valence-electron chi connectivity index (χ0n) is 22.8. The molecule has 0 aliphatic heterocycles. The number of fused-ring (bicyclic) bond motifs is 6. The van der Waals surface area contributed by atoms with Crippen molar-refractivity contribution in [1.82, 2.24) is 0 Å². The molecule has 0 radical (unpaired) electrons. The molecule has 0 bridgehead atoms. The summed E-state index contributed by atoms with van der Waals surface area (Å²) in [6.07, 6.45) is 0. The lowest BCUT2D eigenvalue weighted by Gasteiger charge is -2.08. The Bertz CT molecular complexity index is 2120. The first-order valence-electron chi connectivity index (χ1n) is 13.5. The molecule has 5 aromatic carbocycles. The van der Waals surface area contributed by atoms with Gasteiger partial charge in [-0.15, -0.1) is 0 Å². The van der Waals surface area contributed by atoms with E-state index in [4.69, 9.17) is 0 Å². The van der Waals surface area contributed by atoms with Crippen LogP contribution in [0.25, 0.3) is 55.7 Å². The largest absolute Gasteiger partial charge is 0.207 e. The van der Waals surface area contributed by atoms with Crippen molar-refractivity contribution in [3.05, 3.63) is 142 Å². The molecular formula is C38H16F2N4. The van der Waals surface area contributed by atoms with Crippen LogP contribution in [0.3, 0.4) is 0 Å². The summed E-state index contributed by atoms with van der Waals surface area (Å²) in [5, 5.41) is 39.9. The molecule has 0 unspecified atom stereocenters. The summed E-state index contributed by atoms with van der Waals surface area (Å²) in [6.45, 7) is 0. The number of hydrogen-bond acceptors (Lipinski definition) is 4. The van der Waals surface area contributed by atoms with E-state index in [9.17, 15) is 29.8 Å². The van der Waals surface area contributed by atoms with Crippen LogP contribution >= 0.6 is 0 Å². The smallest absolute Gasteiger partial charge is 0.138 e. The van der Waals surface area contributed by atoms with Gasteiger partial charge in [-0.05, 0) is 115 Å². The van der Waals surface area contributed by atoms with E-state index in [1.165, 1.54) is 24.3 Å². The quantitative estimate of drug-likeness (QED) is 0.195. The molecule has 0 atom stereocenters. The standard InChI is InChI=1S/C38H16F2N4/c39-27-7-1-21(2-8-27)23-5-11-29-31-15-32-30-12-6-24(22-3-9-28(40)10-4-22)14-34(30)38(26(19-43)20-44)36(32)16-35(31)37(33(29)13-23)25(17-41)18-42/h1-16H. The minimum atomic E-state index is -0.350. The second kappa shape index (κ2) is 10.0. The number of nitrogens with zero attached hydrogens (tertiary/aromatic N) is 4. The van der Waals surface area contributed by atoms with Gasteiger partial charge in [-0.2, -0.15) is 21.0 Å². The number of hydrogen-bond donors (Lipinski definition) is 0. The molecule has 0 saturated carbocycles. The number of rotatable bonds is 2. The molecule has 4 nitrogen and oxygen atoms in total. The highest BCUT2D eigenvalue weighted by atomic mass is 19.1. The van der Waals surface area contributed by atoms with Crippen LogP contribution in [0, 0.1) is 57.0 Å². The molecule has 0 amide bonds. The molecule has 0 fully saturated rings. The van der Waals surface area contributed by atoms with Gasteiger partial charge in [0.1, 0.15) is 47.1 Å². The Hall–Kier alpha value is -6.60. The lowest BCUT2D eigenvalue weighted by molar-refractivity contribution is 0.627. The summed E-state index contributed by atoms with van der Waals surface area (Å²) in [6, 6.07) is 35.7. The molecule has 202 valence electrons. The zero-order chi connectivity index (χ0) is 30.5. The first-order valence-corrected chi connectivity index (χ1v) is 13.5. The van der Waals surface area contributed by atoms with Crippen molar-refractivity contribution in [3.63, 3.8) is 0 Å². The summed E-state index contributed by atoms with van der Waals surface area (Å²) < 4.78 is 27.2. The summed E-state index contributed by atoms with van der Waals surface area (Å²) in [5.74, 6) is -0.701. The first-order chi connectivity index (χ1) is 21.4. The van der Waals surface area contributed by atoms with Crippen molar-refractivity contribution >= 4 is 11.1 Å². The van der Waals surface area contributed by atoms with Crippen molar-refractivity contribution in [1.29, 1.82) is 21.0 Å². The van der Waals surface area contributed by atoms with E-state index in [0.29, 0.717) is 33.4 Å². The number of nitriles is 4. The van der Waals surface area contributed by atoms with Gasteiger partial charge in [0.25, 0.3) is 0 Å². The third kappa shape index (κ3) is 3.92. The van der Waals surface area contributed by atoms with Crippen molar-refractivity contribution in [2.24, 2.45) is 0 Å². The van der Waals surface area contributed by atoms with Crippen molar-refractivity contribution in [2.45, 2.75) is 0 Å². The Morgan fingerprint density at radius 3 is 1.05 bits per heavy atom. The van der Waals surface area contributed by atoms with Gasteiger partial charge < -0.3 is 0 Å². The van der Waals surface area contributed by atoms with E-state index in [2.05, 4.69) is 0 Å². The van der Waals surface area contributed by atoms with E-state index in [1.54, 1.807) is 24.3 Å². The summed E-state index contributed by atoms with van der Waals surface area (Å²) in [4.78, 5) is 0. The van der Waals surface area contributed by atoms with Crippen LogP contribution in [-0.4, -0.2) is 0 Å². The number of allylic oxidation sites excluding steroid dienone is 2. The summed E-state index contributed by atoms with van der Waals surface area (Å²) in [7, 11) is 0. The second-order valence-corrected chi connectivity index (χ2v) is 10.4. The minimum Gasteiger partial charge on any atom is -0.207 e. The predicted octanol–water partition coefficient (Wildman–Crippen LogP) is 8.96. The van der Waals surface area contributed by atoms with Gasteiger partial charge in [-0.3, -0.25) is 0 Å². The fraction of sp³-hybridized carbons (Fsp3) is 0. The maximum atomic E-state index is 13.6. The average molecular weight is 567 g/mol. The van der Waals surface area contributed by atoms with Crippen molar-refractivity contribution in [2.75, 3.05) is 0 Å². The fourth-order valence-electron chi connectivity index (χ4n) is 6.18. The van der Waals surface area contributed by atoms with Gasteiger partial charge in [0.2, 0.25) is 0 Å². The molecule has 2 aliphatic carbocycles. The monoisotopic (exact) mass is 566 g/mol. The lowest BCUT2D eigenvalue weighted by atomic mass is 9.92. The van der Waals surface area contributed by atoms with Crippen LogP contribution in [0.1, 0.15) is 22.3 Å². The van der Waals surface area contributed by atoms with E-state index in [0.717, 1.165) is 44.5 Å². The third-order valence-electron chi connectivity index (χ3n) is 8.16. The Kier molecular flexibility index (Phi) is 6.00. The van der Waals surface area contributed by atoms with Crippen LogP contribution in [-0.2, 0) is 0 Å². The van der Waals surface area contributed by atoms with E-state index in [1.807, 2.05) is 72.8 Å². The molecular weight excluding hydrogens is 550 g/mol. The van der Waals surface area contributed by atoms with Gasteiger partial charge in [0.15, 0.2) is 0 Å². The van der Waals surface area contributed by atoms with Crippen LogP contribution < -0.4 is 0 Å². The Morgan fingerprint density at radius 1 is 0.364 bits per heavy atom. The summed E-state index contributed by atoms with van der Waals surface area (Å²) in [5.41, 5.74) is 9.92. The SMILES string of the molecule is N#CC(C#N)=C1c2cc(-c3ccc(F)cc3)ccc2-c2cc3c(cc21)C(=C(C#N)C#N)c1cc(-c2ccc(F)cc2)ccc1-3. The highest BCUT2D eigenvalue weighted by Gasteiger charge is 2.34.